The number of benzene rings is 1. The number of aromatic amines is 1. The summed E-state index contributed by atoms with van der Waals surface area (Å²) in [5.41, 5.74) is -2.96. The fourth-order valence-corrected chi connectivity index (χ4v) is 1.81. The van der Waals surface area contributed by atoms with Gasteiger partial charge in [0.1, 0.15) is 5.60 Å². The van der Waals surface area contributed by atoms with Gasteiger partial charge in [0.25, 0.3) is 5.56 Å². The van der Waals surface area contributed by atoms with Crippen LogP contribution in [0.15, 0.2) is 23.0 Å². The predicted molar refractivity (Wildman–Crippen MR) is 62.6 cm³/mol. The average molecular weight is 272 g/mol. The maximum absolute atomic E-state index is 12.7. The molecule has 19 heavy (non-hydrogen) atoms. The highest BCUT2D eigenvalue weighted by molar-refractivity contribution is 5.85. The molecule has 0 aliphatic rings. The average Bonchev–Trinajstić information content (AvgIpc) is 2.26. The predicted octanol–water partition coefficient (Wildman–Crippen LogP) is 2.17. The van der Waals surface area contributed by atoms with Crippen molar-refractivity contribution in [2.75, 3.05) is 0 Å². The summed E-state index contributed by atoms with van der Waals surface area (Å²) < 4.78 is 38.0. The third-order valence-corrected chi connectivity index (χ3v) is 2.70. The van der Waals surface area contributed by atoms with Crippen LogP contribution in [-0.4, -0.2) is 15.3 Å². The molecule has 0 aliphatic carbocycles. The number of fused-ring (bicyclic) bond motifs is 1. The first-order valence-electron chi connectivity index (χ1n) is 5.43. The van der Waals surface area contributed by atoms with E-state index in [0.29, 0.717) is 0 Å². The molecule has 4 nitrogen and oxygen atoms in total. The number of nitrogens with one attached hydrogen (secondary N) is 1. The lowest BCUT2D eigenvalue weighted by molar-refractivity contribution is -0.137. The number of halogens is 3. The number of aliphatic hydroxyl groups is 1. The molecule has 1 heterocycles. The summed E-state index contributed by atoms with van der Waals surface area (Å²) in [4.78, 5) is 11.5. The summed E-state index contributed by atoms with van der Waals surface area (Å²) in [6.07, 6.45) is -4.52. The van der Waals surface area contributed by atoms with Crippen LogP contribution in [0.3, 0.4) is 0 Å². The standard InChI is InChI=1S/C12H11F3N2O2/c1-11(2,19)9-8-5-6(12(13,14)15)3-4-7(8)10(18)17-16-9/h3-5,19H,1-2H3,(H,17,18). The molecule has 2 aromatic rings. The van der Waals surface area contributed by atoms with Crippen molar-refractivity contribution < 1.29 is 18.3 Å². The van der Waals surface area contributed by atoms with E-state index in [4.69, 9.17) is 0 Å². The molecule has 0 unspecified atom stereocenters. The van der Waals surface area contributed by atoms with Crippen molar-refractivity contribution in [2.45, 2.75) is 25.6 Å². The van der Waals surface area contributed by atoms with E-state index in [0.717, 1.165) is 18.2 Å². The number of hydrogen-bond donors (Lipinski definition) is 2. The van der Waals surface area contributed by atoms with Crippen molar-refractivity contribution in [2.24, 2.45) is 0 Å². The second kappa shape index (κ2) is 4.06. The highest BCUT2D eigenvalue weighted by Gasteiger charge is 2.32. The van der Waals surface area contributed by atoms with Gasteiger partial charge in [-0.15, -0.1) is 0 Å². The van der Waals surface area contributed by atoms with Gasteiger partial charge in [-0.2, -0.15) is 18.3 Å². The van der Waals surface area contributed by atoms with E-state index in [1.165, 1.54) is 13.8 Å². The van der Waals surface area contributed by atoms with E-state index in [-0.39, 0.29) is 16.5 Å². The van der Waals surface area contributed by atoms with Crippen LogP contribution in [0.5, 0.6) is 0 Å². The van der Waals surface area contributed by atoms with Gasteiger partial charge in [0.15, 0.2) is 0 Å². The van der Waals surface area contributed by atoms with Gasteiger partial charge < -0.3 is 5.11 Å². The Morgan fingerprint density at radius 2 is 1.84 bits per heavy atom. The van der Waals surface area contributed by atoms with Crippen molar-refractivity contribution >= 4 is 10.8 Å². The number of H-pyrrole nitrogens is 1. The van der Waals surface area contributed by atoms with Gasteiger partial charge in [-0.25, -0.2) is 5.10 Å². The second-order valence-electron chi connectivity index (χ2n) is 4.72. The van der Waals surface area contributed by atoms with Crippen molar-refractivity contribution in [3.8, 4) is 0 Å². The lowest BCUT2D eigenvalue weighted by Crippen LogP contribution is -2.22. The van der Waals surface area contributed by atoms with Gasteiger partial charge in [0, 0.05) is 5.39 Å². The molecule has 0 spiro atoms. The maximum Gasteiger partial charge on any atom is 0.416 e. The summed E-state index contributed by atoms with van der Waals surface area (Å²) in [7, 11) is 0. The highest BCUT2D eigenvalue weighted by atomic mass is 19.4. The molecule has 0 fully saturated rings. The third-order valence-electron chi connectivity index (χ3n) is 2.70. The van der Waals surface area contributed by atoms with Gasteiger partial charge in [0.2, 0.25) is 0 Å². The SMILES string of the molecule is CC(C)(O)c1n[nH]c(=O)c2ccc(C(F)(F)F)cc12. The molecule has 7 heteroatoms. The molecule has 1 aromatic heterocycles. The first-order chi connectivity index (χ1) is 8.60. The van der Waals surface area contributed by atoms with Crippen molar-refractivity contribution in [1.82, 2.24) is 10.2 Å². The van der Waals surface area contributed by atoms with Crippen molar-refractivity contribution in [1.29, 1.82) is 0 Å². The Bertz CT molecular complexity index is 684. The monoisotopic (exact) mass is 272 g/mol. The molecule has 1 aromatic carbocycles. The fraction of sp³-hybridized carbons (Fsp3) is 0.333. The lowest BCUT2D eigenvalue weighted by atomic mass is 9.98. The molecular weight excluding hydrogens is 261 g/mol. The van der Waals surface area contributed by atoms with Crippen LogP contribution in [0, 0.1) is 0 Å². The van der Waals surface area contributed by atoms with E-state index in [9.17, 15) is 23.1 Å². The summed E-state index contributed by atoms with van der Waals surface area (Å²) in [5, 5.41) is 15.8. The topological polar surface area (TPSA) is 66.0 Å². The van der Waals surface area contributed by atoms with Crippen LogP contribution in [0.25, 0.3) is 10.8 Å². The smallest absolute Gasteiger partial charge is 0.384 e. The zero-order valence-corrected chi connectivity index (χ0v) is 10.2. The second-order valence-corrected chi connectivity index (χ2v) is 4.72. The maximum atomic E-state index is 12.7. The lowest BCUT2D eigenvalue weighted by Gasteiger charge is -2.18. The van der Waals surface area contributed by atoms with Gasteiger partial charge in [-0.3, -0.25) is 4.79 Å². The molecule has 0 bridgehead atoms. The molecule has 0 amide bonds. The molecule has 0 radical (unpaired) electrons. The zero-order chi connectivity index (χ0) is 14.4. The minimum absolute atomic E-state index is 0.00630. The molecular formula is C12H11F3N2O2. The molecule has 0 saturated carbocycles. The van der Waals surface area contributed by atoms with E-state index < -0.39 is 22.9 Å². The zero-order valence-electron chi connectivity index (χ0n) is 10.2. The van der Waals surface area contributed by atoms with Crippen molar-refractivity contribution in [3.63, 3.8) is 0 Å². The Balaban J connectivity index is 2.86. The summed E-state index contributed by atoms with van der Waals surface area (Å²) in [6, 6.07) is 2.73. The number of aromatic nitrogens is 2. The van der Waals surface area contributed by atoms with Gasteiger partial charge >= 0.3 is 6.18 Å². The van der Waals surface area contributed by atoms with Crippen LogP contribution >= 0.6 is 0 Å². The first-order valence-corrected chi connectivity index (χ1v) is 5.43. The molecule has 0 atom stereocenters. The molecule has 2 rings (SSSR count). The summed E-state index contributed by atoms with van der Waals surface area (Å²) in [6.45, 7) is 2.76. The Kier molecular flexibility index (Phi) is 2.89. The number of nitrogens with zero attached hydrogens (tertiary/aromatic N) is 1. The number of hydrogen-bond acceptors (Lipinski definition) is 3. The van der Waals surface area contributed by atoms with Crippen LogP contribution in [0.4, 0.5) is 13.2 Å². The normalized spacial score (nSPS) is 12.9. The van der Waals surface area contributed by atoms with Crippen LogP contribution in [0.1, 0.15) is 25.1 Å². The van der Waals surface area contributed by atoms with Gasteiger partial charge in [-0.05, 0) is 32.0 Å². The highest BCUT2D eigenvalue weighted by Crippen LogP contribution is 2.33. The Hall–Kier alpha value is -1.89. The van der Waals surface area contributed by atoms with E-state index >= 15 is 0 Å². The first kappa shape index (κ1) is 13.5. The quantitative estimate of drug-likeness (QED) is 0.836. The van der Waals surface area contributed by atoms with Gasteiger partial charge in [-0.1, -0.05) is 0 Å². The molecule has 102 valence electrons. The number of alkyl halides is 3. The fourth-order valence-electron chi connectivity index (χ4n) is 1.81. The molecule has 0 saturated heterocycles. The van der Waals surface area contributed by atoms with E-state index in [1.54, 1.807) is 0 Å². The Morgan fingerprint density at radius 1 is 1.21 bits per heavy atom. The number of rotatable bonds is 1. The van der Waals surface area contributed by atoms with Gasteiger partial charge in [0.05, 0.1) is 16.6 Å². The summed E-state index contributed by atoms with van der Waals surface area (Å²) in [5.74, 6) is 0. The van der Waals surface area contributed by atoms with E-state index in [1.807, 2.05) is 0 Å². The molecule has 2 N–H and O–H groups in total. The largest absolute Gasteiger partial charge is 0.416 e. The summed E-state index contributed by atoms with van der Waals surface area (Å²) >= 11 is 0. The Morgan fingerprint density at radius 3 is 2.37 bits per heavy atom. The minimum Gasteiger partial charge on any atom is -0.384 e. The van der Waals surface area contributed by atoms with Crippen LogP contribution < -0.4 is 5.56 Å². The van der Waals surface area contributed by atoms with Crippen LogP contribution in [-0.2, 0) is 11.8 Å². The third kappa shape index (κ3) is 2.46. The van der Waals surface area contributed by atoms with Crippen LogP contribution in [0.2, 0.25) is 0 Å². The molecule has 0 aliphatic heterocycles. The Labute approximate surface area is 105 Å². The van der Waals surface area contributed by atoms with Crippen molar-refractivity contribution in [3.05, 3.63) is 39.8 Å². The van der Waals surface area contributed by atoms with E-state index in [2.05, 4.69) is 10.2 Å². The minimum atomic E-state index is -4.52.